The van der Waals surface area contributed by atoms with Crippen molar-refractivity contribution in [3.8, 4) is 0 Å². The molecule has 9 nitrogen and oxygen atoms in total. The summed E-state index contributed by atoms with van der Waals surface area (Å²) in [5, 5.41) is 0. The molecular weight excluding hydrogens is 497 g/mol. The molecule has 0 aromatic carbocycles. The van der Waals surface area contributed by atoms with Crippen LogP contribution in [0.4, 0.5) is 0 Å². The molecule has 0 amide bonds. The predicted octanol–water partition coefficient (Wildman–Crippen LogP) is 6.17. The number of esters is 2. The van der Waals surface area contributed by atoms with Crippen LogP contribution in [-0.4, -0.2) is 74.9 Å². The number of likely N-dealkylation sites (N-methyl/N-ethyl adjacent to an activating group) is 1. The Bertz CT molecular complexity index is 638. The van der Waals surface area contributed by atoms with Crippen LogP contribution in [0.25, 0.3) is 0 Å². The van der Waals surface area contributed by atoms with Crippen molar-refractivity contribution in [3.63, 3.8) is 0 Å². The van der Waals surface area contributed by atoms with Crippen LogP contribution in [-0.2, 0) is 32.7 Å². The lowest BCUT2D eigenvalue weighted by Gasteiger charge is -2.24. The molecule has 0 heterocycles. The summed E-state index contributed by atoms with van der Waals surface area (Å²) in [5.74, 6) is -0.819. The number of ether oxygens (including phenoxy) is 2. The van der Waals surface area contributed by atoms with E-state index in [0.29, 0.717) is 23.9 Å². The van der Waals surface area contributed by atoms with Gasteiger partial charge >= 0.3 is 19.8 Å². The minimum atomic E-state index is -4.33. The first-order valence-electron chi connectivity index (χ1n) is 14.3. The van der Waals surface area contributed by atoms with E-state index in [9.17, 15) is 19.0 Å². The van der Waals surface area contributed by atoms with E-state index in [-0.39, 0.29) is 25.6 Å². The molecule has 0 aliphatic carbocycles. The van der Waals surface area contributed by atoms with Gasteiger partial charge in [-0.2, -0.15) is 0 Å². The Morgan fingerprint density at radius 3 is 1.73 bits per heavy atom. The van der Waals surface area contributed by atoms with E-state index in [2.05, 4.69) is 13.8 Å². The average Bonchev–Trinajstić information content (AvgIpc) is 2.81. The van der Waals surface area contributed by atoms with Crippen LogP contribution in [0.15, 0.2) is 0 Å². The van der Waals surface area contributed by atoms with E-state index in [1.54, 1.807) is 0 Å². The van der Waals surface area contributed by atoms with Crippen molar-refractivity contribution in [2.24, 2.45) is 0 Å². The normalized spacial score (nSPS) is 14.2. The van der Waals surface area contributed by atoms with Gasteiger partial charge in [0.15, 0.2) is 6.10 Å². The second-order valence-corrected chi connectivity index (χ2v) is 12.2. The summed E-state index contributed by atoms with van der Waals surface area (Å²) in [7, 11) is 1.48. The van der Waals surface area contributed by atoms with Crippen LogP contribution in [0.5, 0.6) is 0 Å². The Labute approximate surface area is 225 Å². The maximum atomic E-state index is 12.3. The first-order valence-corrected chi connectivity index (χ1v) is 15.8. The number of unbranched alkanes of at least 4 members (excludes halogenated alkanes) is 11. The largest absolute Gasteiger partial charge is 0.472 e. The van der Waals surface area contributed by atoms with Crippen molar-refractivity contribution < 1.29 is 42.1 Å². The van der Waals surface area contributed by atoms with E-state index in [0.717, 1.165) is 44.9 Å². The Balaban J connectivity index is 4.54. The van der Waals surface area contributed by atoms with Crippen LogP contribution in [0.1, 0.15) is 110 Å². The van der Waals surface area contributed by atoms with Crippen molar-refractivity contribution >= 4 is 19.8 Å². The van der Waals surface area contributed by atoms with Gasteiger partial charge in [-0.05, 0) is 12.8 Å². The van der Waals surface area contributed by atoms with Crippen molar-refractivity contribution in [1.29, 1.82) is 0 Å². The molecule has 0 aromatic heterocycles. The van der Waals surface area contributed by atoms with Crippen molar-refractivity contribution in [2.75, 3.05) is 47.5 Å². The molecule has 0 spiro atoms. The third-order valence-corrected chi connectivity index (χ3v) is 6.87. The lowest BCUT2D eigenvalue weighted by Crippen LogP contribution is -2.37. The number of rotatable bonds is 25. The summed E-state index contributed by atoms with van der Waals surface area (Å²) in [6.45, 7) is 4.25. The summed E-state index contributed by atoms with van der Waals surface area (Å²) < 4.78 is 33.6. The molecule has 0 aliphatic rings. The molecule has 220 valence electrons. The zero-order chi connectivity index (χ0) is 28.0. The third-order valence-electron chi connectivity index (χ3n) is 5.89. The number of carbonyl (C=O) groups excluding carboxylic acids is 2. The van der Waals surface area contributed by atoms with Gasteiger partial charge in [0.1, 0.15) is 19.8 Å². The molecule has 1 unspecified atom stereocenters. The van der Waals surface area contributed by atoms with Crippen LogP contribution in [0, 0.1) is 0 Å². The SMILES string of the molecule is CCCCCCCCCCC(=O)OC[C@H](COP(=O)(O)OCC[N+](C)(C)C)OC(=O)CCCCCCC. The number of phosphoric acid groups is 1. The van der Waals surface area contributed by atoms with E-state index in [1.807, 2.05) is 21.1 Å². The number of hydrogen-bond donors (Lipinski definition) is 1. The standard InChI is InChI=1S/C27H54NO8P/c1-6-8-10-12-13-14-16-17-19-26(29)33-23-25(36-27(30)20-18-15-11-9-7-2)24-35-37(31,32)34-22-21-28(3,4)5/h25H,6-24H2,1-5H3/p+1/t25-/m1/s1. The summed E-state index contributed by atoms with van der Waals surface area (Å²) >= 11 is 0. The smallest absolute Gasteiger partial charge is 0.462 e. The molecule has 0 fully saturated rings. The van der Waals surface area contributed by atoms with Gasteiger partial charge in [-0.25, -0.2) is 4.57 Å². The maximum Gasteiger partial charge on any atom is 0.472 e. The Kier molecular flexibility index (Phi) is 21.3. The summed E-state index contributed by atoms with van der Waals surface area (Å²) in [4.78, 5) is 34.5. The quantitative estimate of drug-likeness (QED) is 0.0620. The molecular formula is C27H55NO8P+. The second kappa shape index (κ2) is 21.9. The van der Waals surface area contributed by atoms with E-state index < -0.39 is 26.5 Å². The molecule has 0 aromatic rings. The topological polar surface area (TPSA) is 108 Å². The molecule has 2 atom stereocenters. The molecule has 0 saturated carbocycles. The molecule has 0 rings (SSSR count). The fourth-order valence-electron chi connectivity index (χ4n) is 3.54. The summed E-state index contributed by atoms with van der Waals surface area (Å²) in [6, 6.07) is 0. The highest BCUT2D eigenvalue weighted by Crippen LogP contribution is 2.43. The zero-order valence-electron chi connectivity index (χ0n) is 24.2. The zero-order valence-corrected chi connectivity index (χ0v) is 25.1. The van der Waals surface area contributed by atoms with Crippen LogP contribution in [0.2, 0.25) is 0 Å². The van der Waals surface area contributed by atoms with Gasteiger partial charge in [0.2, 0.25) is 0 Å². The second-order valence-electron chi connectivity index (χ2n) is 10.8. The Morgan fingerprint density at radius 2 is 1.22 bits per heavy atom. The molecule has 0 bridgehead atoms. The van der Waals surface area contributed by atoms with Gasteiger partial charge in [0.05, 0.1) is 27.7 Å². The third kappa shape index (κ3) is 25.1. The number of phosphoric ester groups is 1. The molecule has 0 saturated heterocycles. The van der Waals surface area contributed by atoms with Crippen LogP contribution < -0.4 is 0 Å². The lowest BCUT2D eigenvalue weighted by molar-refractivity contribution is -0.870. The molecule has 1 N–H and O–H groups in total. The first-order chi connectivity index (χ1) is 17.5. The monoisotopic (exact) mass is 552 g/mol. The molecule has 0 radical (unpaired) electrons. The van der Waals surface area contributed by atoms with Gasteiger partial charge in [-0.3, -0.25) is 18.6 Å². The predicted molar refractivity (Wildman–Crippen MR) is 146 cm³/mol. The first kappa shape index (κ1) is 36.0. The fraction of sp³-hybridized carbons (Fsp3) is 0.926. The van der Waals surface area contributed by atoms with Crippen molar-refractivity contribution in [2.45, 2.75) is 116 Å². The highest BCUT2D eigenvalue weighted by atomic mass is 31.2. The van der Waals surface area contributed by atoms with Gasteiger partial charge in [0.25, 0.3) is 0 Å². The Hall–Kier alpha value is -0.990. The van der Waals surface area contributed by atoms with Crippen molar-refractivity contribution in [1.82, 2.24) is 0 Å². The minimum absolute atomic E-state index is 0.0348. The number of quaternary nitrogens is 1. The number of nitrogens with zero attached hydrogens (tertiary/aromatic N) is 1. The summed E-state index contributed by atoms with van der Waals surface area (Å²) in [5.41, 5.74) is 0. The average molecular weight is 553 g/mol. The van der Waals surface area contributed by atoms with Crippen LogP contribution in [0.3, 0.4) is 0 Å². The maximum absolute atomic E-state index is 12.3. The van der Waals surface area contributed by atoms with E-state index >= 15 is 0 Å². The van der Waals surface area contributed by atoms with E-state index in [1.165, 1.54) is 32.1 Å². The van der Waals surface area contributed by atoms with Gasteiger partial charge in [-0.1, -0.05) is 84.5 Å². The lowest BCUT2D eigenvalue weighted by atomic mass is 10.1. The minimum Gasteiger partial charge on any atom is -0.462 e. The fourth-order valence-corrected chi connectivity index (χ4v) is 4.28. The van der Waals surface area contributed by atoms with Crippen LogP contribution >= 0.6 is 7.82 Å². The molecule has 0 aliphatic heterocycles. The Morgan fingerprint density at radius 1 is 0.730 bits per heavy atom. The molecule has 10 heteroatoms. The summed E-state index contributed by atoms with van der Waals surface area (Å²) in [6.07, 6.45) is 13.5. The molecule has 37 heavy (non-hydrogen) atoms. The highest BCUT2D eigenvalue weighted by Gasteiger charge is 2.27. The number of hydrogen-bond acceptors (Lipinski definition) is 7. The van der Waals surface area contributed by atoms with Crippen molar-refractivity contribution in [3.05, 3.63) is 0 Å². The highest BCUT2D eigenvalue weighted by molar-refractivity contribution is 7.47. The van der Waals surface area contributed by atoms with Gasteiger partial charge in [0, 0.05) is 12.8 Å². The van der Waals surface area contributed by atoms with Gasteiger partial charge < -0.3 is 18.9 Å². The number of carbonyl (C=O) groups is 2. The van der Waals surface area contributed by atoms with E-state index in [4.69, 9.17) is 18.5 Å². The van der Waals surface area contributed by atoms with Gasteiger partial charge in [-0.15, -0.1) is 0 Å².